The SMILES string of the molecule is C=C1CCC(C(O)(CC)CC)CC1. The van der Waals surface area contributed by atoms with Gasteiger partial charge in [-0.15, -0.1) is 0 Å². The molecule has 0 unspecified atom stereocenters. The van der Waals surface area contributed by atoms with Crippen LogP contribution in [-0.2, 0) is 0 Å². The molecule has 13 heavy (non-hydrogen) atoms. The summed E-state index contributed by atoms with van der Waals surface area (Å²) in [5.41, 5.74) is 0.964. The summed E-state index contributed by atoms with van der Waals surface area (Å²) in [5, 5.41) is 10.3. The van der Waals surface area contributed by atoms with Gasteiger partial charge in [0.2, 0.25) is 0 Å². The molecule has 1 aliphatic carbocycles. The molecule has 1 aliphatic rings. The molecule has 0 aromatic carbocycles. The van der Waals surface area contributed by atoms with Crippen LogP contribution in [0.1, 0.15) is 52.4 Å². The minimum atomic E-state index is -0.402. The number of allylic oxidation sites excluding steroid dienone is 1. The fourth-order valence-electron chi connectivity index (χ4n) is 2.39. The third kappa shape index (κ3) is 2.34. The zero-order chi connectivity index (χ0) is 9.90. The Hall–Kier alpha value is -0.300. The predicted octanol–water partition coefficient (Wildman–Crippen LogP) is 3.28. The first kappa shape index (κ1) is 10.8. The summed E-state index contributed by atoms with van der Waals surface area (Å²) in [6.07, 6.45) is 6.29. The molecule has 1 heteroatoms. The van der Waals surface area contributed by atoms with Gasteiger partial charge in [0.05, 0.1) is 5.60 Å². The molecule has 1 saturated carbocycles. The van der Waals surface area contributed by atoms with Crippen LogP contribution in [0.15, 0.2) is 12.2 Å². The first-order valence-electron chi connectivity index (χ1n) is 5.51. The first-order valence-corrected chi connectivity index (χ1v) is 5.51. The van der Waals surface area contributed by atoms with Crippen molar-refractivity contribution in [1.82, 2.24) is 0 Å². The van der Waals surface area contributed by atoms with Crippen LogP contribution in [0.2, 0.25) is 0 Å². The van der Waals surface area contributed by atoms with Gasteiger partial charge in [0, 0.05) is 0 Å². The van der Waals surface area contributed by atoms with E-state index in [1.54, 1.807) is 0 Å². The second-order valence-corrected chi connectivity index (χ2v) is 4.33. The zero-order valence-electron chi connectivity index (χ0n) is 8.97. The van der Waals surface area contributed by atoms with Crippen LogP contribution >= 0.6 is 0 Å². The van der Waals surface area contributed by atoms with Gasteiger partial charge in [0.15, 0.2) is 0 Å². The molecule has 0 radical (unpaired) electrons. The third-order valence-electron chi connectivity index (χ3n) is 3.68. The summed E-state index contributed by atoms with van der Waals surface area (Å²) < 4.78 is 0. The maximum Gasteiger partial charge on any atom is 0.0670 e. The molecule has 1 rings (SSSR count). The van der Waals surface area contributed by atoms with Crippen molar-refractivity contribution in [3.05, 3.63) is 12.2 Å². The van der Waals surface area contributed by atoms with E-state index >= 15 is 0 Å². The maximum absolute atomic E-state index is 10.3. The number of hydrogen-bond acceptors (Lipinski definition) is 1. The van der Waals surface area contributed by atoms with E-state index in [9.17, 15) is 5.11 Å². The molecule has 0 amide bonds. The van der Waals surface area contributed by atoms with Gasteiger partial charge in [-0.05, 0) is 44.4 Å². The summed E-state index contributed by atoms with van der Waals surface area (Å²) in [6.45, 7) is 8.18. The second kappa shape index (κ2) is 4.28. The van der Waals surface area contributed by atoms with Crippen LogP contribution in [0.4, 0.5) is 0 Å². The molecular formula is C12H22O. The zero-order valence-corrected chi connectivity index (χ0v) is 8.97. The summed E-state index contributed by atoms with van der Waals surface area (Å²) in [7, 11) is 0. The van der Waals surface area contributed by atoms with Gasteiger partial charge < -0.3 is 5.11 Å². The highest BCUT2D eigenvalue weighted by molar-refractivity contribution is 5.01. The highest BCUT2D eigenvalue weighted by atomic mass is 16.3. The maximum atomic E-state index is 10.3. The molecule has 76 valence electrons. The summed E-state index contributed by atoms with van der Waals surface area (Å²) in [4.78, 5) is 0. The molecule has 0 heterocycles. The van der Waals surface area contributed by atoms with Crippen molar-refractivity contribution in [1.29, 1.82) is 0 Å². The van der Waals surface area contributed by atoms with E-state index in [2.05, 4.69) is 20.4 Å². The van der Waals surface area contributed by atoms with Gasteiger partial charge in [0.25, 0.3) is 0 Å². The van der Waals surface area contributed by atoms with Crippen molar-refractivity contribution >= 4 is 0 Å². The number of hydrogen-bond donors (Lipinski definition) is 1. The highest BCUT2D eigenvalue weighted by Crippen LogP contribution is 2.37. The Morgan fingerprint density at radius 2 is 1.77 bits per heavy atom. The van der Waals surface area contributed by atoms with Gasteiger partial charge in [-0.2, -0.15) is 0 Å². The Labute approximate surface area is 81.9 Å². The largest absolute Gasteiger partial charge is 0.390 e. The van der Waals surface area contributed by atoms with E-state index in [-0.39, 0.29) is 0 Å². The first-order chi connectivity index (χ1) is 6.12. The second-order valence-electron chi connectivity index (χ2n) is 4.33. The topological polar surface area (TPSA) is 20.2 Å². The molecule has 1 N–H and O–H groups in total. The standard InChI is InChI=1S/C12H22O/c1-4-12(13,5-2)11-8-6-10(3)7-9-11/h11,13H,3-9H2,1-2H3. The van der Waals surface area contributed by atoms with Crippen LogP contribution < -0.4 is 0 Å². The van der Waals surface area contributed by atoms with Gasteiger partial charge in [-0.25, -0.2) is 0 Å². The fourth-order valence-corrected chi connectivity index (χ4v) is 2.39. The normalized spacial score (nSPS) is 20.7. The van der Waals surface area contributed by atoms with E-state index in [0.717, 1.165) is 38.5 Å². The highest BCUT2D eigenvalue weighted by Gasteiger charge is 2.34. The molecule has 1 nitrogen and oxygen atoms in total. The third-order valence-corrected chi connectivity index (χ3v) is 3.68. The molecular weight excluding hydrogens is 160 g/mol. The van der Waals surface area contributed by atoms with Crippen LogP contribution in [-0.4, -0.2) is 10.7 Å². The van der Waals surface area contributed by atoms with Gasteiger partial charge in [0.1, 0.15) is 0 Å². The van der Waals surface area contributed by atoms with Gasteiger partial charge >= 0.3 is 0 Å². The van der Waals surface area contributed by atoms with Crippen LogP contribution in [0.5, 0.6) is 0 Å². The van der Waals surface area contributed by atoms with E-state index in [0.29, 0.717) is 5.92 Å². The van der Waals surface area contributed by atoms with Crippen molar-refractivity contribution in [2.24, 2.45) is 5.92 Å². The molecule has 0 saturated heterocycles. The average molecular weight is 182 g/mol. The van der Waals surface area contributed by atoms with Crippen molar-refractivity contribution in [3.63, 3.8) is 0 Å². The lowest BCUT2D eigenvalue weighted by Gasteiger charge is -2.37. The Morgan fingerprint density at radius 3 is 2.15 bits per heavy atom. The summed E-state index contributed by atoms with van der Waals surface area (Å²) in [6, 6.07) is 0. The molecule has 0 spiro atoms. The molecule has 0 bridgehead atoms. The smallest absolute Gasteiger partial charge is 0.0670 e. The van der Waals surface area contributed by atoms with E-state index < -0.39 is 5.60 Å². The lowest BCUT2D eigenvalue weighted by Crippen LogP contribution is -2.37. The van der Waals surface area contributed by atoms with E-state index in [1.165, 1.54) is 5.57 Å². The van der Waals surface area contributed by atoms with Crippen LogP contribution in [0, 0.1) is 5.92 Å². The molecule has 0 aromatic heterocycles. The summed E-state index contributed by atoms with van der Waals surface area (Å²) in [5.74, 6) is 0.507. The monoisotopic (exact) mass is 182 g/mol. The Kier molecular flexibility index (Phi) is 3.55. The Bertz CT molecular complexity index is 170. The van der Waals surface area contributed by atoms with Gasteiger partial charge in [-0.3, -0.25) is 0 Å². The fraction of sp³-hybridized carbons (Fsp3) is 0.833. The lowest BCUT2D eigenvalue weighted by molar-refractivity contribution is -0.0356. The van der Waals surface area contributed by atoms with Crippen molar-refractivity contribution < 1.29 is 5.11 Å². The van der Waals surface area contributed by atoms with E-state index in [1.807, 2.05) is 0 Å². The molecule has 0 aliphatic heterocycles. The lowest BCUT2D eigenvalue weighted by atomic mass is 9.73. The van der Waals surface area contributed by atoms with Crippen LogP contribution in [0.3, 0.4) is 0 Å². The quantitative estimate of drug-likeness (QED) is 0.664. The predicted molar refractivity (Wildman–Crippen MR) is 56.6 cm³/mol. The number of rotatable bonds is 3. The Balaban J connectivity index is 2.55. The van der Waals surface area contributed by atoms with Crippen LogP contribution in [0.25, 0.3) is 0 Å². The Morgan fingerprint density at radius 1 is 1.31 bits per heavy atom. The van der Waals surface area contributed by atoms with Crippen molar-refractivity contribution in [2.75, 3.05) is 0 Å². The summed E-state index contributed by atoms with van der Waals surface area (Å²) >= 11 is 0. The average Bonchev–Trinajstić information content (AvgIpc) is 2.18. The van der Waals surface area contributed by atoms with Crippen molar-refractivity contribution in [2.45, 2.75) is 58.0 Å². The minimum Gasteiger partial charge on any atom is -0.390 e. The van der Waals surface area contributed by atoms with Crippen molar-refractivity contribution in [3.8, 4) is 0 Å². The number of aliphatic hydroxyl groups is 1. The molecule has 0 atom stereocenters. The minimum absolute atomic E-state index is 0.402. The van der Waals surface area contributed by atoms with Gasteiger partial charge in [-0.1, -0.05) is 26.0 Å². The van der Waals surface area contributed by atoms with E-state index in [4.69, 9.17) is 0 Å². The molecule has 1 fully saturated rings. The molecule has 0 aromatic rings.